The molecule has 0 fully saturated rings. The topological polar surface area (TPSA) is 40.5 Å². The normalized spacial score (nSPS) is 11.0. The molecule has 0 aliphatic heterocycles. The Morgan fingerprint density at radius 2 is 1.80 bits per heavy atom. The van der Waals surface area contributed by atoms with Crippen molar-refractivity contribution in [2.24, 2.45) is 5.92 Å². The van der Waals surface area contributed by atoms with E-state index in [1.807, 2.05) is 0 Å². The van der Waals surface area contributed by atoms with Crippen molar-refractivity contribution in [1.82, 2.24) is 0 Å². The van der Waals surface area contributed by atoms with Crippen LogP contribution in [0.4, 0.5) is 0 Å². The van der Waals surface area contributed by atoms with E-state index in [4.69, 9.17) is 10.2 Å². The van der Waals surface area contributed by atoms with E-state index in [9.17, 15) is 0 Å². The maximum atomic E-state index is 8.96. The lowest BCUT2D eigenvalue weighted by molar-refractivity contribution is 0.144. The molecule has 0 saturated carbocycles. The fourth-order valence-electron chi connectivity index (χ4n) is 1.73. The number of hydrogen-bond donors (Lipinski definition) is 2. The molecule has 2 nitrogen and oxygen atoms in total. The Morgan fingerprint density at radius 3 is 2.33 bits per heavy atom. The highest BCUT2D eigenvalue weighted by atomic mass is 16.3. The molecule has 1 aromatic carbocycles. The second kappa shape index (κ2) is 5.89. The van der Waals surface area contributed by atoms with Crippen LogP contribution in [0.3, 0.4) is 0 Å². The third-order valence-electron chi connectivity index (χ3n) is 2.84. The fourth-order valence-corrected chi connectivity index (χ4v) is 1.73. The van der Waals surface area contributed by atoms with E-state index in [0.29, 0.717) is 0 Å². The summed E-state index contributed by atoms with van der Waals surface area (Å²) in [4.78, 5) is 0. The molecule has 1 aromatic rings. The molecule has 0 heterocycles. The maximum absolute atomic E-state index is 8.96. The van der Waals surface area contributed by atoms with E-state index in [1.165, 1.54) is 16.7 Å². The van der Waals surface area contributed by atoms with Crippen LogP contribution in [-0.2, 0) is 6.42 Å². The van der Waals surface area contributed by atoms with Crippen LogP contribution in [0.25, 0.3) is 0 Å². The second-order valence-electron chi connectivity index (χ2n) is 4.20. The van der Waals surface area contributed by atoms with E-state index >= 15 is 0 Å². The maximum Gasteiger partial charge on any atom is 0.0481 e. The molecule has 2 N–H and O–H groups in total. The summed E-state index contributed by atoms with van der Waals surface area (Å²) in [5.74, 6) is 0.0192. The van der Waals surface area contributed by atoms with Gasteiger partial charge in [0.05, 0.1) is 0 Å². The van der Waals surface area contributed by atoms with Crippen molar-refractivity contribution in [2.45, 2.75) is 26.7 Å². The van der Waals surface area contributed by atoms with Crippen molar-refractivity contribution in [1.29, 1.82) is 0 Å². The van der Waals surface area contributed by atoms with Crippen molar-refractivity contribution in [3.8, 4) is 0 Å². The van der Waals surface area contributed by atoms with Crippen molar-refractivity contribution >= 4 is 0 Å². The minimum Gasteiger partial charge on any atom is -0.396 e. The molecule has 0 aliphatic rings. The van der Waals surface area contributed by atoms with Gasteiger partial charge in [-0.25, -0.2) is 0 Å². The van der Waals surface area contributed by atoms with Crippen LogP contribution in [0.5, 0.6) is 0 Å². The van der Waals surface area contributed by atoms with E-state index in [0.717, 1.165) is 12.8 Å². The van der Waals surface area contributed by atoms with Crippen LogP contribution in [0, 0.1) is 19.8 Å². The molecule has 0 aliphatic carbocycles. The van der Waals surface area contributed by atoms with Gasteiger partial charge in [-0.2, -0.15) is 0 Å². The third kappa shape index (κ3) is 3.65. The van der Waals surface area contributed by atoms with Gasteiger partial charge in [0.1, 0.15) is 0 Å². The van der Waals surface area contributed by atoms with Gasteiger partial charge < -0.3 is 10.2 Å². The lowest BCUT2D eigenvalue weighted by Crippen LogP contribution is -2.12. The average Bonchev–Trinajstić information content (AvgIpc) is 2.22. The Kier molecular flexibility index (Phi) is 4.79. The Labute approximate surface area is 91.6 Å². The number of aliphatic hydroxyl groups is 2. The van der Waals surface area contributed by atoms with Gasteiger partial charge in [-0.05, 0) is 37.8 Å². The van der Waals surface area contributed by atoms with Crippen molar-refractivity contribution < 1.29 is 10.2 Å². The fraction of sp³-hybridized carbons (Fsp3) is 0.538. The summed E-state index contributed by atoms with van der Waals surface area (Å²) in [6, 6.07) is 6.41. The van der Waals surface area contributed by atoms with E-state index < -0.39 is 0 Å². The minimum absolute atomic E-state index is 0.0192. The minimum atomic E-state index is 0.0192. The molecule has 0 bridgehead atoms. The van der Waals surface area contributed by atoms with Crippen LogP contribution >= 0.6 is 0 Å². The zero-order valence-corrected chi connectivity index (χ0v) is 9.53. The Hall–Kier alpha value is -0.860. The van der Waals surface area contributed by atoms with Gasteiger partial charge in [0.25, 0.3) is 0 Å². The number of aryl methyl sites for hydroxylation is 3. The van der Waals surface area contributed by atoms with Crippen LogP contribution in [0.2, 0.25) is 0 Å². The largest absolute Gasteiger partial charge is 0.396 e. The van der Waals surface area contributed by atoms with E-state index in [-0.39, 0.29) is 19.1 Å². The number of rotatable bonds is 5. The van der Waals surface area contributed by atoms with Gasteiger partial charge in [0.2, 0.25) is 0 Å². The highest BCUT2D eigenvalue weighted by molar-refractivity contribution is 5.30. The molecular formula is C13H20O2. The van der Waals surface area contributed by atoms with Gasteiger partial charge in [-0.3, -0.25) is 0 Å². The second-order valence-corrected chi connectivity index (χ2v) is 4.20. The number of aliphatic hydroxyl groups excluding tert-OH is 2. The predicted octanol–water partition coefficient (Wildman–Crippen LogP) is 1.84. The molecule has 84 valence electrons. The van der Waals surface area contributed by atoms with E-state index in [1.54, 1.807) is 0 Å². The summed E-state index contributed by atoms with van der Waals surface area (Å²) in [6.07, 6.45) is 1.77. The first-order valence-electron chi connectivity index (χ1n) is 5.45. The quantitative estimate of drug-likeness (QED) is 0.775. The third-order valence-corrected chi connectivity index (χ3v) is 2.84. The standard InChI is InChI=1S/C13H20O2/c1-10-3-5-13(11(2)7-10)6-4-12(8-14)9-15/h3,5,7,12,14-15H,4,6,8-9H2,1-2H3. The summed E-state index contributed by atoms with van der Waals surface area (Å²) in [6.45, 7) is 4.33. The number of benzene rings is 1. The summed E-state index contributed by atoms with van der Waals surface area (Å²) < 4.78 is 0. The summed E-state index contributed by atoms with van der Waals surface area (Å²) in [5, 5.41) is 17.9. The van der Waals surface area contributed by atoms with Gasteiger partial charge in [0, 0.05) is 19.1 Å². The van der Waals surface area contributed by atoms with Gasteiger partial charge >= 0.3 is 0 Å². The molecule has 0 saturated heterocycles. The Bertz CT molecular complexity index is 303. The Balaban J connectivity index is 2.57. The molecule has 0 unspecified atom stereocenters. The van der Waals surface area contributed by atoms with E-state index in [2.05, 4.69) is 32.0 Å². The van der Waals surface area contributed by atoms with Crippen LogP contribution < -0.4 is 0 Å². The molecule has 2 heteroatoms. The lowest BCUT2D eigenvalue weighted by Gasteiger charge is -2.12. The van der Waals surface area contributed by atoms with Gasteiger partial charge in [-0.15, -0.1) is 0 Å². The first kappa shape index (κ1) is 12.2. The highest BCUT2D eigenvalue weighted by Crippen LogP contribution is 2.15. The van der Waals surface area contributed by atoms with Crippen molar-refractivity contribution in [3.63, 3.8) is 0 Å². The highest BCUT2D eigenvalue weighted by Gasteiger charge is 2.07. The molecule has 15 heavy (non-hydrogen) atoms. The first-order chi connectivity index (χ1) is 7.17. The van der Waals surface area contributed by atoms with Crippen molar-refractivity contribution in [3.05, 3.63) is 34.9 Å². The average molecular weight is 208 g/mol. The van der Waals surface area contributed by atoms with Gasteiger partial charge in [0.15, 0.2) is 0 Å². The molecule has 0 atom stereocenters. The summed E-state index contributed by atoms with van der Waals surface area (Å²) in [7, 11) is 0. The first-order valence-corrected chi connectivity index (χ1v) is 5.45. The number of hydrogen-bond acceptors (Lipinski definition) is 2. The molecule has 0 radical (unpaired) electrons. The smallest absolute Gasteiger partial charge is 0.0481 e. The molecule has 0 aromatic heterocycles. The molecular weight excluding hydrogens is 188 g/mol. The summed E-state index contributed by atoms with van der Waals surface area (Å²) in [5.41, 5.74) is 3.88. The zero-order chi connectivity index (χ0) is 11.3. The van der Waals surface area contributed by atoms with Crippen LogP contribution in [0.15, 0.2) is 18.2 Å². The monoisotopic (exact) mass is 208 g/mol. The van der Waals surface area contributed by atoms with Crippen LogP contribution in [-0.4, -0.2) is 23.4 Å². The molecule has 0 spiro atoms. The lowest BCUT2D eigenvalue weighted by atomic mass is 9.97. The predicted molar refractivity (Wildman–Crippen MR) is 61.9 cm³/mol. The molecule has 0 amide bonds. The Morgan fingerprint density at radius 1 is 1.13 bits per heavy atom. The zero-order valence-electron chi connectivity index (χ0n) is 9.53. The summed E-state index contributed by atoms with van der Waals surface area (Å²) >= 11 is 0. The van der Waals surface area contributed by atoms with Gasteiger partial charge in [-0.1, -0.05) is 23.8 Å². The van der Waals surface area contributed by atoms with Crippen LogP contribution in [0.1, 0.15) is 23.1 Å². The SMILES string of the molecule is Cc1ccc(CCC(CO)CO)c(C)c1. The van der Waals surface area contributed by atoms with Crippen molar-refractivity contribution in [2.75, 3.05) is 13.2 Å². The molecule has 1 rings (SSSR count).